The van der Waals surface area contributed by atoms with E-state index in [1.54, 1.807) is 4.90 Å². The molecular weight excluding hydrogens is 276 g/mol. The van der Waals surface area contributed by atoms with Crippen LogP contribution in [-0.2, 0) is 4.79 Å². The summed E-state index contributed by atoms with van der Waals surface area (Å²) in [6.07, 6.45) is 3.20. The number of nitrogens with zero attached hydrogens (tertiary/aromatic N) is 1. The zero-order chi connectivity index (χ0) is 14.6. The van der Waals surface area contributed by atoms with E-state index in [9.17, 15) is 14.7 Å². The molecule has 114 valence electrons. The van der Waals surface area contributed by atoms with E-state index < -0.39 is 11.4 Å². The lowest BCUT2D eigenvalue weighted by molar-refractivity contribution is -0.151. The second-order valence-corrected chi connectivity index (χ2v) is 7.25. The number of urea groups is 1. The molecular formula is C14H24N2O3S. The van der Waals surface area contributed by atoms with Crippen molar-refractivity contribution in [1.82, 2.24) is 10.2 Å². The molecule has 0 aromatic carbocycles. The molecule has 0 bridgehead atoms. The third-order valence-corrected chi connectivity index (χ3v) is 5.50. The maximum Gasteiger partial charge on any atom is 0.317 e. The highest BCUT2D eigenvalue weighted by Crippen LogP contribution is 2.38. The minimum absolute atomic E-state index is 0.107. The number of carbonyl (C=O) groups is 2. The van der Waals surface area contributed by atoms with Gasteiger partial charge in [0.15, 0.2) is 0 Å². The van der Waals surface area contributed by atoms with E-state index in [4.69, 9.17) is 0 Å². The Kier molecular flexibility index (Phi) is 5.18. The Labute approximate surface area is 124 Å². The first kappa shape index (κ1) is 15.5. The van der Waals surface area contributed by atoms with E-state index in [-0.39, 0.29) is 12.6 Å². The van der Waals surface area contributed by atoms with E-state index in [1.165, 1.54) is 0 Å². The molecule has 2 fully saturated rings. The van der Waals surface area contributed by atoms with Gasteiger partial charge in [-0.25, -0.2) is 4.79 Å². The fourth-order valence-electron chi connectivity index (χ4n) is 2.90. The average Bonchev–Trinajstić information content (AvgIpc) is 2.47. The van der Waals surface area contributed by atoms with Gasteiger partial charge in [0, 0.05) is 31.1 Å². The molecule has 0 spiro atoms. The summed E-state index contributed by atoms with van der Waals surface area (Å²) in [5.41, 5.74) is -0.757. The Bertz CT molecular complexity index is 361. The number of hydrogen-bond donors (Lipinski definition) is 2. The van der Waals surface area contributed by atoms with Gasteiger partial charge in [0.25, 0.3) is 0 Å². The van der Waals surface area contributed by atoms with Gasteiger partial charge >= 0.3 is 12.0 Å². The van der Waals surface area contributed by atoms with E-state index in [2.05, 4.69) is 12.2 Å². The Morgan fingerprint density at radius 2 is 1.90 bits per heavy atom. The number of carboxylic acid groups (broad SMARTS) is 1. The lowest BCUT2D eigenvalue weighted by atomic mass is 9.71. The van der Waals surface area contributed by atoms with Crippen LogP contribution in [0.3, 0.4) is 0 Å². The normalized spacial score (nSPS) is 30.9. The van der Waals surface area contributed by atoms with Gasteiger partial charge in [-0.2, -0.15) is 11.8 Å². The lowest BCUT2D eigenvalue weighted by Gasteiger charge is -2.36. The average molecular weight is 300 g/mol. The van der Waals surface area contributed by atoms with Gasteiger partial charge < -0.3 is 15.3 Å². The number of rotatable bonds is 3. The Morgan fingerprint density at radius 3 is 2.45 bits per heavy atom. The van der Waals surface area contributed by atoms with Gasteiger partial charge in [-0.15, -0.1) is 0 Å². The van der Waals surface area contributed by atoms with Crippen LogP contribution in [0.5, 0.6) is 0 Å². The highest BCUT2D eigenvalue weighted by molar-refractivity contribution is 7.99. The van der Waals surface area contributed by atoms with Gasteiger partial charge in [-0.05, 0) is 31.6 Å². The summed E-state index contributed by atoms with van der Waals surface area (Å²) >= 11 is 1.85. The molecule has 1 saturated heterocycles. The van der Waals surface area contributed by atoms with E-state index in [0.717, 1.165) is 37.4 Å². The molecule has 2 aliphatic rings. The Hall–Kier alpha value is -0.910. The van der Waals surface area contributed by atoms with Crippen molar-refractivity contribution in [2.75, 3.05) is 31.1 Å². The Balaban J connectivity index is 1.89. The SMILES string of the molecule is CC1CCC(CNC(=O)N2CCSCC2)(C(=O)O)CC1. The molecule has 20 heavy (non-hydrogen) atoms. The van der Waals surface area contributed by atoms with Crippen molar-refractivity contribution in [3.63, 3.8) is 0 Å². The third-order valence-electron chi connectivity index (χ3n) is 4.56. The largest absolute Gasteiger partial charge is 0.481 e. The van der Waals surface area contributed by atoms with Crippen LogP contribution >= 0.6 is 11.8 Å². The van der Waals surface area contributed by atoms with Crippen LogP contribution in [0.15, 0.2) is 0 Å². The lowest BCUT2D eigenvalue weighted by Crippen LogP contribution is -2.50. The first-order valence-electron chi connectivity index (χ1n) is 7.37. The number of carboxylic acids is 1. The summed E-state index contributed by atoms with van der Waals surface area (Å²) in [5.74, 6) is 1.76. The third kappa shape index (κ3) is 3.59. The number of nitrogens with one attached hydrogen (secondary N) is 1. The van der Waals surface area contributed by atoms with Crippen molar-refractivity contribution in [3.05, 3.63) is 0 Å². The van der Waals surface area contributed by atoms with Crippen molar-refractivity contribution in [1.29, 1.82) is 0 Å². The fraction of sp³-hybridized carbons (Fsp3) is 0.857. The molecule has 6 heteroatoms. The predicted molar refractivity (Wildman–Crippen MR) is 80.0 cm³/mol. The quantitative estimate of drug-likeness (QED) is 0.836. The Morgan fingerprint density at radius 1 is 1.30 bits per heavy atom. The molecule has 2 N–H and O–H groups in total. The molecule has 0 unspecified atom stereocenters. The topological polar surface area (TPSA) is 69.6 Å². The standard InChI is InChI=1S/C14H24N2O3S/c1-11-2-4-14(5-3-11,12(17)18)10-15-13(19)16-6-8-20-9-7-16/h11H,2-10H2,1H3,(H,15,19)(H,17,18). The molecule has 0 aromatic rings. The highest BCUT2D eigenvalue weighted by atomic mass is 32.2. The first-order valence-corrected chi connectivity index (χ1v) is 8.53. The van der Waals surface area contributed by atoms with E-state index >= 15 is 0 Å². The smallest absolute Gasteiger partial charge is 0.317 e. The van der Waals surface area contributed by atoms with Crippen LogP contribution in [0, 0.1) is 11.3 Å². The molecule has 1 heterocycles. The molecule has 0 radical (unpaired) electrons. The summed E-state index contributed by atoms with van der Waals surface area (Å²) in [5, 5.41) is 12.4. The summed E-state index contributed by atoms with van der Waals surface area (Å²) in [6, 6.07) is -0.107. The summed E-state index contributed by atoms with van der Waals surface area (Å²) in [6.45, 7) is 3.94. The first-order chi connectivity index (χ1) is 9.53. The van der Waals surface area contributed by atoms with Gasteiger partial charge in [-0.1, -0.05) is 6.92 Å². The summed E-state index contributed by atoms with van der Waals surface area (Å²) < 4.78 is 0. The monoisotopic (exact) mass is 300 g/mol. The number of hydrogen-bond acceptors (Lipinski definition) is 3. The number of amides is 2. The van der Waals surface area contributed by atoms with Crippen LogP contribution in [0.2, 0.25) is 0 Å². The van der Waals surface area contributed by atoms with Crippen LogP contribution < -0.4 is 5.32 Å². The van der Waals surface area contributed by atoms with Gasteiger partial charge in [0.2, 0.25) is 0 Å². The second kappa shape index (κ2) is 6.70. The van der Waals surface area contributed by atoms with E-state index in [1.807, 2.05) is 11.8 Å². The second-order valence-electron chi connectivity index (χ2n) is 6.03. The van der Waals surface area contributed by atoms with Crippen molar-refractivity contribution >= 4 is 23.8 Å². The van der Waals surface area contributed by atoms with Gasteiger partial charge in [-0.3, -0.25) is 4.79 Å². The number of aliphatic carboxylic acids is 1. The summed E-state index contributed by atoms with van der Waals surface area (Å²) in [7, 11) is 0. The van der Waals surface area contributed by atoms with Crippen LogP contribution in [0.1, 0.15) is 32.6 Å². The molecule has 0 atom stereocenters. The molecule has 1 aliphatic heterocycles. The van der Waals surface area contributed by atoms with E-state index in [0.29, 0.717) is 18.8 Å². The molecule has 0 aromatic heterocycles. The van der Waals surface area contributed by atoms with Crippen molar-refractivity contribution < 1.29 is 14.7 Å². The van der Waals surface area contributed by atoms with Crippen LogP contribution in [0.4, 0.5) is 4.79 Å². The van der Waals surface area contributed by atoms with Crippen molar-refractivity contribution in [3.8, 4) is 0 Å². The maximum atomic E-state index is 12.1. The number of carbonyl (C=O) groups excluding carboxylic acids is 1. The minimum Gasteiger partial charge on any atom is -0.481 e. The fourth-order valence-corrected chi connectivity index (χ4v) is 3.81. The molecule has 2 rings (SSSR count). The maximum absolute atomic E-state index is 12.1. The van der Waals surface area contributed by atoms with Crippen molar-refractivity contribution in [2.45, 2.75) is 32.6 Å². The summed E-state index contributed by atoms with van der Waals surface area (Å²) in [4.78, 5) is 25.5. The molecule has 1 saturated carbocycles. The minimum atomic E-state index is -0.765. The van der Waals surface area contributed by atoms with Crippen LogP contribution in [-0.4, -0.2) is 53.1 Å². The number of thioether (sulfide) groups is 1. The molecule has 1 aliphatic carbocycles. The molecule has 2 amide bonds. The zero-order valence-corrected chi connectivity index (χ0v) is 12.9. The predicted octanol–water partition coefficient (Wildman–Crippen LogP) is 2.03. The zero-order valence-electron chi connectivity index (χ0n) is 12.1. The molecule has 5 nitrogen and oxygen atoms in total. The van der Waals surface area contributed by atoms with Gasteiger partial charge in [0.1, 0.15) is 0 Å². The highest BCUT2D eigenvalue weighted by Gasteiger charge is 2.41. The van der Waals surface area contributed by atoms with Crippen molar-refractivity contribution in [2.24, 2.45) is 11.3 Å². The van der Waals surface area contributed by atoms with Gasteiger partial charge in [0.05, 0.1) is 5.41 Å². The van der Waals surface area contributed by atoms with Crippen LogP contribution in [0.25, 0.3) is 0 Å².